The van der Waals surface area contributed by atoms with Gasteiger partial charge in [0, 0.05) is 17.6 Å². The van der Waals surface area contributed by atoms with E-state index in [1.807, 2.05) is 0 Å². The number of fused-ring (bicyclic) bond motifs is 1. The maximum absolute atomic E-state index is 13.8. The third-order valence-electron chi connectivity index (χ3n) is 5.52. The van der Waals surface area contributed by atoms with Crippen LogP contribution in [-0.2, 0) is 11.2 Å². The zero-order valence-corrected chi connectivity index (χ0v) is 20.1. The summed E-state index contributed by atoms with van der Waals surface area (Å²) in [6.45, 7) is 0. The molecule has 0 radical (unpaired) electrons. The summed E-state index contributed by atoms with van der Waals surface area (Å²) in [4.78, 5) is 26.4. The second-order valence-electron chi connectivity index (χ2n) is 7.55. The van der Waals surface area contributed by atoms with Crippen molar-refractivity contribution in [1.82, 2.24) is 8.75 Å². The van der Waals surface area contributed by atoms with Crippen LogP contribution in [0.2, 0.25) is 0 Å². The van der Waals surface area contributed by atoms with Crippen molar-refractivity contribution in [3.63, 3.8) is 0 Å². The highest BCUT2D eigenvalue weighted by molar-refractivity contribution is 7.00. The summed E-state index contributed by atoms with van der Waals surface area (Å²) >= 11 is 1.04. The fourth-order valence-corrected chi connectivity index (χ4v) is 4.26. The van der Waals surface area contributed by atoms with Gasteiger partial charge in [0.2, 0.25) is 0 Å². The number of rotatable bonds is 9. The van der Waals surface area contributed by atoms with Crippen LogP contribution in [0, 0.1) is 0 Å². The molecule has 0 bridgehead atoms. The summed E-state index contributed by atoms with van der Waals surface area (Å²) < 4.78 is 24.2. The molecule has 0 fully saturated rings. The zero-order valence-electron chi connectivity index (χ0n) is 19.3. The molecule has 0 saturated carbocycles. The van der Waals surface area contributed by atoms with Crippen molar-refractivity contribution in [2.75, 3.05) is 21.3 Å². The third kappa shape index (κ3) is 4.99. The summed E-state index contributed by atoms with van der Waals surface area (Å²) in [5, 5.41) is 10.3. The highest BCUT2D eigenvalue weighted by Gasteiger charge is 2.25. The summed E-state index contributed by atoms with van der Waals surface area (Å²) in [5.74, 6) is -0.162. The number of carboxylic acids is 1. The van der Waals surface area contributed by atoms with Gasteiger partial charge < -0.3 is 19.3 Å². The SMILES string of the molecule is COc1ccc(CC(C(=O)c2ccc(OC)c(OC)c2)=C(C(=O)O)c2ccc3nsnc3c2)cc1. The molecule has 0 aliphatic heterocycles. The highest BCUT2D eigenvalue weighted by atomic mass is 32.1. The van der Waals surface area contributed by atoms with E-state index in [1.165, 1.54) is 14.2 Å². The minimum absolute atomic E-state index is 0.0894. The van der Waals surface area contributed by atoms with E-state index in [2.05, 4.69) is 8.75 Å². The minimum atomic E-state index is -1.22. The van der Waals surface area contributed by atoms with E-state index in [0.717, 1.165) is 17.3 Å². The molecule has 1 N–H and O–H groups in total. The van der Waals surface area contributed by atoms with Crippen LogP contribution < -0.4 is 14.2 Å². The average Bonchev–Trinajstić information content (AvgIpc) is 3.35. The number of ketones is 1. The van der Waals surface area contributed by atoms with Gasteiger partial charge >= 0.3 is 5.97 Å². The Kier molecular flexibility index (Phi) is 7.07. The number of carboxylic acid groups (broad SMARTS) is 1. The van der Waals surface area contributed by atoms with Crippen molar-refractivity contribution >= 4 is 40.1 Å². The quantitative estimate of drug-likeness (QED) is 0.266. The molecule has 0 aliphatic carbocycles. The number of Topliss-reactive ketones (excluding diaryl/α,β-unsaturated/α-hetero) is 1. The maximum atomic E-state index is 13.8. The Labute approximate surface area is 205 Å². The molecule has 9 heteroatoms. The van der Waals surface area contributed by atoms with Gasteiger partial charge in [0.25, 0.3) is 0 Å². The van der Waals surface area contributed by atoms with Crippen LogP contribution in [0.4, 0.5) is 0 Å². The monoisotopic (exact) mass is 490 g/mol. The first-order valence-corrected chi connectivity index (χ1v) is 11.3. The number of carbonyl (C=O) groups excluding carboxylic acids is 1. The predicted octanol–water partition coefficient (Wildman–Crippen LogP) is 4.68. The normalized spacial score (nSPS) is 11.6. The number of methoxy groups -OCH3 is 3. The smallest absolute Gasteiger partial charge is 0.336 e. The van der Waals surface area contributed by atoms with Crippen molar-refractivity contribution in [3.05, 3.63) is 82.9 Å². The van der Waals surface area contributed by atoms with E-state index in [4.69, 9.17) is 14.2 Å². The topological polar surface area (TPSA) is 108 Å². The average molecular weight is 491 g/mol. The summed E-state index contributed by atoms with van der Waals surface area (Å²) in [5.41, 5.74) is 2.65. The van der Waals surface area contributed by atoms with E-state index in [-0.39, 0.29) is 23.1 Å². The third-order valence-corrected chi connectivity index (χ3v) is 6.07. The fraction of sp³-hybridized carbons (Fsp3) is 0.154. The Balaban J connectivity index is 1.89. The lowest BCUT2D eigenvalue weighted by molar-refractivity contribution is -0.130. The molecule has 0 spiro atoms. The summed E-state index contributed by atoms with van der Waals surface area (Å²) in [6.07, 6.45) is 0.0894. The molecular formula is C26H22N2O6S. The molecule has 35 heavy (non-hydrogen) atoms. The Hall–Kier alpha value is -4.24. The Morgan fingerprint density at radius 2 is 1.49 bits per heavy atom. The number of aromatic nitrogens is 2. The van der Waals surface area contributed by atoms with E-state index >= 15 is 0 Å². The van der Waals surface area contributed by atoms with Crippen molar-refractivity contribution < 1.29 is 28.9 Å². The molecule has 3 aromatic carbocycles. The molecule has 0 unspecified atom stereocenters. The first-order valence-electron chi connectivity index (χ1n) is 10.5. The highest BCUT2D eigenvalue weighted by Crippen LogP contribution is 2.32. The number of hydrogen-bond acceptors (Lipinski definition) is 8. The lowest BCUT2D eigenvalue weighted by Gasteiger charge is -2.15. The van der Waals surface area contributed by atoms with Gasteiger partial charge in [-0.2, -0.15) is 8.75 Å². The van der Waals surface area contributed by atoms with Crippen LogP contribution in [0.15, 0.2) is 66.2 Å². The fourth-order valence-electron chi connectivity index (χ4n) is 3.75. The minimum Gasteiger partial charge on any atom is -0.497 e. The van der Waals surface area contributed by atoms with Gasteiger partial charge in [-0.1, -0.05) is 18.2 Å². The van der Waals surface area contributed by atoms with Crippen LogP contribution in [0.5, 0.6) is 17.2 Å². The van der Waals surface area contributed by atoms with Gasteiger partial charge in [-0.05, 0) is 53.6 Å². The molecule has 1 heterocycles. The van der Waals surface area contributed by atoms with Crippen LogP contribution in [0.25, 0.3) is 16.6 Å². The lowest BCUT2D eigenvalue weighted by atomic mass is 9.89. The molecule has 0 atom stereocenters. The number of benzene rings is 3. The second kappa shape index (κ2) is 10.4. The second-order valence-corrected chi connectivity index (χ2v) is 8.08. The summed E-state index contributed by atoms with van der Waals surface area (Å²) in [6, 6.07) is 16.9. The van der Waals surface area contributed by atoms with Crippen LogP contribution in [0.1, 0.15) is 21.5 Å². The molecule has 8 nitrogen and oxygen atoms in total. The van der Waals surface area contributed by atoms with Gasteiger partial charge in [-0.3, -0.25) is 4.79 Å². The standard InChI is InChI=1S/C26H22N2O6S/c1-32-18-8-4-15(5-9-18)12-19(25(29)17-7-11-22(33-2)23(14-17)34-3)24(26(30)31)16-6-10-20-21(13-16)28-35-27-20/h4-11,13-14H,12H2,1-3H3,(H,30,31). The number of allylic oxidation sites excluding steroid dienone is 1. The van der Waals surface area contributed by atoms with E-state index in [0.29, 0.717) is 33.8 Å². The first kappa shape index (κ1) is 23.9. The Morgan fingerprint density at radius 3 is 2.14 bits per heavy atom. The summed E-state index contributed by atoms with van der Waals surface area (Å²) in [7, 11) is 4.54. The van der Waals surface area contributed by atoms with Crippen LogP contribution in [0.3, 0.4) is 0 Å². The molecular weight excluding hydrogens is 468 g/mol. The first-order chi connectivity index (χ1) is 16.9. The van der Waals surface area contributed by atoms with Gasteiger partial charge in [0.15, 0.2) is 17.3 Å². The van der Waals surface area contributed by atoms with Crippen molar-refractivity contribution in [1.29, 1.82) is 0 Å². The maximum Gasteiger partial charge on any atom is 0.336 e. The van der Waals surface area contributed by atoms with Gasteiger partial charge in [-0.25, -0.2) is 4.79 Å². The van der Waals surface area contributed by atoms with E-state index < -0.39 is 11.8 Å². The number of aliphatic carboxylic acids is 1. The van der Waals surface area contributed by atoms with Crippen LogP contribution in [-0.4, -0.2) is 46.9 Å². The number of hydrogen-bond donors (Lipinski definition) is 1. The van der Waals surface area contributed by atoms with Crippen molar-refractivity contribution in [2.24, 2.45) is 0 Å². The van der Waals surface area contributed by atoms with E-state index in [9.17, 15) is 14.7 Å². The molecule has 1 aromatic heterocycles. The van der Waals surface area contributed by atoms with Crippen molar-refractivity contribution in [2.45, 2.75) is 6.42 Å². The molecule has 0 saturated heterocycles. The van der Waals surface area contributed by atoms with Crippen molar-refractivity contribution in [3.8, 4) is 17.2 Å². The Bertz CT molecular complexity index is 1430. The lowest BCUT2D eigenvalue weighted by Crippen LogP contribution is -2.14. The van der Waals surface area contributed by atoms with Gasteiger partial charge in [0.1, 0.15) is 16.8 Å². The van der Waals surface area contributed by atoms with Crippen LogP contribution >= 0.6 is 11.7 Å². The molecule has 0 aliphatic rings. The molecule has 4 rings (SSSR count). The number of carbonyl (C=O) groups is 2. The Morgan fingerprint density at radius 1 is 0.800 bits per heavy atom. The molecule has 0 amide bonds. The largest absolute Gasteiger partial charge is 0.497 e. The number of ether oxygens (including phenoxy) is 3. The molecule has 178 valence electrons. The predicted molar refractivity (Wildman–Crippen MR) is 133 cm³/mol. The molecule has 4 aromatic rings. The van der Waals surface area contributed by atoms with Gasteiger partial charge in [-0.15, -0.1) is 0 Å². The number of nitrogens with zero attached hydrogens (tertiary/aromatic N) is 2. The zero-order chi connectivity index (χ0) is 24.9. The van der Waals surface area contributed by atoms with Gasteiger partial charge in [0.05, 0.1) is 38.6 Å². The van der Waals surface area contributed by atoms with E-state index in [1.54, 1.807) is 67.8 Å².